The fraction of sp³-hybridized carbons (Fsp3) is 0.143. The zero-order chi connectivity index (χ0) is 14.7. The lowest BCUT2D eigenvalue weighted by Crippen LogP contribution is -2.19. The molecule has 3 N–H and O–H groups in total. The van der Waals surface area contributed by atoms with Crippen LogP contribution in [0.4, 0.5) is 21.6 Å². The zero-order valence-electron chi connectivity index (χ0n) is 10.9. The number of carbonyl (C=O) groups is 1. The normalized spacial score (nSPS) is 10.3. The minimum atomic E-state index is -1.08. The second-order valence-electron chi connectivity index (χ2n) is 4.16. The lowest BCUT2D eigenvalue weighted by molar-refractivity contribution is 0.0696. The quantitative estimate of drug-likeness (QED) is 0.896. The number of halogens is 1. The van der Waals surface area contributed by atoms with E-state index in [0.29, 0.717) is 12.4 Å². The highest BCUT2D eigenvalue weighted by Gasteiger charge is 2.14. The van der Waals surface area contributed by atoms with Crippen molar-refractivity contribution in [3.8, 4) is 0 Å². The Morgan fingerprint density at radius 3 is 2.55 bits per heavy atom. The number of hydrogen-bond donors (Lipinski definition) is 2. The summed E-state index contributed by atoms with van der Waals surface area (Å²) in [6.07, 6.45) is 1.25. The fourth-order valence-corrected chi connectivity index (χ4v) is 1.89. The van der Waals surface area contributed by atoms with E-state index in [9.17, 15) is 9.18 Å². The summed E-state index contributed by atoms with van der Waals surface area (Å²) in [6, 6.07) is 7.28. The average molecular weight is 275 g/mol. The van der Waals surface area contributed by atoms with E-state index in [-0.39, 0.29) is 17.1 Å². The number of pyridine rings is 1. The first-order valence-electron chi connectivity index (χ1n) is 6.05. The van der Waals surface area contributed by atoms with Gasteiger partial charge in [0, 0.05) is 18.4 Å². The van der Waals surface area contributed by atoms with Gasteiger partial charge in [-0.2, -0.15) is 0 Å². The molecule has 1 aromatic heterocycles. The number of aromatic nitrogens is 1. The van der Waals surface area contributed by atoms with Gasteiger partial charge in [0.25, 0.3) is 0 Å². The van der Waals surface area contributed by atoms with Crippen LogP contribution in [0.15, 0.2) is 36.5 Å². The van der Waals surface area contributed by atoms with E-state index >= 15 is 0 Å². The summed E-state index contributed by atoms with van der Waals surface area (Å²) in [4.78, 5) is 16.7. The molecular formula is C14H14FN3O2. The Bertz CT molecular complexity index is 629. The van der Waals surface area contributed by atoms with Gasteiger partial charge in [0.15, 0.2) is 5.82 Å². The third-order valence-corrected chi connectivity index (χ3v) is 2.85. The van der Waals surface area contributed by atoms with Gasteiger partial charge in [-0.15, -0.1) is 0 Å². The third kappa shape index (κ3) is 2.69. The van der Waals surface area contributed by atoms with Crippen molar-refractivity contribution in [3.63, 3.8) is 0 Å². The Balaban J connectivity index is 2.41. The molecule has 0 bridgehead atoms. The number of carboxylic acids is 1. The summed E-state index contributed by atoms with van der Waals surface area (Å²) in [5.41, 5.74) is 6.88. The Hall–Kier alpha value is -2.63. The van der Waals surface area contributed by atoms with Crippen LogP contribution in [0.5, 0.6) is 0 Å². The summed E-state index contributed by atoms with van der Waals surface area (Å²) in [5, 5.41) is 8.89. The van der Waals surface area contributed by atoms with E-state index in [1.54, 1.807) is 17.0 Å². The molecule has 2 aromatic rings. The van der Waals surface area contributed by atoms with Crippen molar-refractivity contribution in [2.45, 2.75) is 6.92 Å². The summed E-state index contributed by atoms with van der Waals surface area (Å²) < 4.78 is 13.0. The van der Waals surface area contributed by atoms with Crippen molar-refractivity contribution in [2.24, 2.45) is 0 Å². The molecule has 1 aromatic carbocycles. The van der Waals surface area contributed by atoms with Crippen LogP contribution in [0.3, 0.4) is 0 Å². The van der Waals surface area contributed by atoms with Gasteiger partial charge < -0.3 is 15.7 Å². The van der Waals surface area contributed by atoms with Crippen LogP contribution in [-0.4, -0.2) is 22.6 Å². The molecule has 0 aliphatic heterocycles. The van der Waals surface area contributed by atoms with Crippen molar-refractivity contribution in [1.29, 1.82) is 0 Å². The second-order valence-corrected chi connectivity index (χ2v) is 4.16. The SMILES string of the molecule is CCN(c1ccc(F)cc1)c1ncc(C(=O)O)cc1N. The molecule has 2 rings (SSSR count). The Kier molecular flexibility index (Phi) is 3.84. The lowest BCUT2D eigenvalue weighted by atomic mass is 10.2. The topological polar surface area (TPSA) is 79.5 Å². The van der Waals surface area contributed by atoms with Gasteiger partial charge in [0.1, 0.15) is 5.82 Å². The van der Waals surface area contributed by atoms with Crippen molar-refractivity contribution in [3.05, 3.63) is 47.9 Å². The summed E-state index contributed by atoms with van der Waals surface area (Å²) in [5.74, 6) is -0.961. The summed E-state index contributed by atoms with van der Waals surface area (Å²) in [6.45, 7) is 2.46. The summed E-state index contributed by atoms with van der Waals surface area (Å²) >= 11 is 0. The number of rotatable bonds is 4. The van der Waals surface area contributed by atoms with Crippen molar-refractivity contribution in [2.75, 3.05) is 17.2 Å². The molecule has 0 amide bonds. The number of carboxylic acid groups (broad SMARTS) is 1. The number of nitrogens with two attached hydrogens (primary N) is 1. The monoisotopic (exact) mass is 275 g/mol. The molecule has 104 valence electrons. The predicted octanol–water partition coefficient (Wildman–Crippen LogP) is 2.66. The van der Waals surface area contributed by atoms with E-state index in [1.807, 2.05) is 6.92 Å². The van der Waals surface area contributed by atoms with Gasteiger partial charge in [-0.05, 0) is 37.3 Å². The molecule has 0 fully saturated rings. The number of aromatic carboxylic acids is 1. The van der Waals surface area contributed by atoms with Crippen molar-refractivity contribution < 1.29 is 14.3 Å². The maximum Gasteiger partial charge on any atom is 0.337 e. The standard InChI is InChI=1S/C14H14FN3O2/c1-2-18(11-5-3-10(15)4-6-11)13-12(16)7-9(8-17-13)14(19)20/h3-8H,2,16H2,1H3,(H,19,20). The molecule has 0 aliphatic carbocycles. The molecular weight excluding hydrogens is 261 g/mol. The molecule has 1 heterocycles. The van der Waals surface area contributed by atoms with E-state index in [1.165, 1.54) is 24.4 Å². The fourth-order valence-electron chi connectivity index (χ4n) is 1.89. The molecule has 0 unspecified atom stereocenters. The Labute approximate surface area is 115 Å². The van der Waals surface area contributed by atoms with Gasteiger partial charge in [-0.3, -0.25) is 0 Å². The van der Waals surface area contributed by atoms with Crippen molar-refractivity contribution in [1.82, 2.24) is 4.98 Å². The van der Waals surface area contributed by atoms with Crippen LogP contribution in [0.2, 0.25) is 0 Å². The highest BCUT2D eigenvalue weighted by molar-refractivity contribution is 5.89. The Morgan fingerprint density at radius 1 is 1.40 bits per heavy atom. The number of anilines is 3. The van der Waals surface area contributed by atoms with Crippen LogP contribution in [-0.2, 0) is 0 Å². The first-order valence-corrected chi connectivity index (χ1v) is 6.05. The van der Waals surface area contributed by atoms with Crippen LogP contribution < -0.4 is 10.6 Å². The van der Waals surface area contributed by atoms with Gasteiger partial charge in [-0.25, -0.2) is 14.2 Å². The smallest absolute Gasteiger partial charge is 0.337 e. The summed E-state index contributed by atoms with van der Waals surface area (Å²) in [7, 11) is 0. The average Bonchev–Trinajstić information content (AvgIpc) is 2.43. The van der Waals surface area contributed by atoms with E-state index in [2.05, 4.69) is 4.98 Å². The van der Waals surface area contributed by atoms with Gasteiger partial charge in [0.2, 0.25) is 0 Å². The molecule has 6 heteroatoms. The number of benzene rings is 1. The highest BCUT2D eigenvalue weighted by Crippen LogP contribution is 2.28. The lowest BCUT2D eigenvalue weighted by Gasteiger charge is -2.23. The zero-order valence-corrected chi connectivity index (χ0v) is 10.9. The molecule has 20 heavy (non-hydrogen) atoms. The predicted molar refractivity (Wildman–Crippen MR) is 74.7 cm³/mol. The minimum Gasteiger partial charge on any atom is -0.478 e. The highest BCUT2D eigenvalue weighted by atomic mass is 19.1. The molecule has 0 aliphatic rings. The minimum absolute atomic E-state index is 0.0291. The molecule has 5 nitrogen and oxygen atoms in total. The van der Waals surface area contributed by atoms with Crippen LogP contribution in [0, 0.1) is 5.82 Å². The van der Waals surface area contributed by atoms with Gasteiger partial charge in [-0.1, -0.05) is 0 Å². The molecule has 0 radical (unpaired) electrons. The Morgan fingerprint density at radius 2 is 2.05 bits per heavy atom. The first kappa shape index (κ1) is 13.8. The maximum atomic E-state index is 13.0. The molecule has 0 saturated carbocycles. The largest absolute Gasteiger partial charge is 0.478 e. The second kappa shape index (κ2) is 5.56. The van der Waals surface area contributed by atoms with E-state index < -0.39 is 5.97 Å². The van der Waals surface area contributed by atoms with Crippen molar-refractivity contribution >= 4 is 23.2 Å². The van der Waals surface area contributed by atoms with Crippen LogP contribution in [0.1, 0.15) is 17.3 Å². The maximum absolute atomic E-state index is 13.0. The molecule has 0 spiro atoms. The van der Waals surface area contributed by atoms with Crippen LogP contribution >= 0.6 is 0 Å². The molecule has 0 atom stereocenters. The number of nitrogen functional groups attached to an aromatic ring is 1. The molecule has 0 saturated heterocycles. The first-order chi connectivity index (χ1) is 9.52. The van der Waals surface area contributed by atoms with Gasteiger partial charge in [0.05, 0.1) is 11.3 Å². The van der Waals surface area contributed by atoms with Gasteiger partial charge >= 0.3 is 5.97 Å². The van der Waals surface area contributed by atoms with E-state index in [4.69, 9.17) is 10.8 Å². The number of nitrogens with zero attached hydrogens (tertiary/aromatic N) is 2. The number of hydrogen-bond acceptors (Lipinski definition) is 4. The van der Waals surface area contributed by atoms with E-state index in [0.717, 1.165) is 5.69 Å². The third-order valence-electron chi connectivity index (χ3n) is 2.85. The van der Waals surface area contributed by atoms with Crippen LogP contribution in [0.25, 0.3) is 0 Å².